The molecular formula is C10H23NS2. The van der Waals surface area contributed by atoms with Gasteiger partial charge in [-0.25, -0.2) is 0 Å². The van der Waals surface area contributed by atoms with Gasteiger partial charge in [0, 0.05) is 16.5 Å². The molecule has 0 aliphatic carbocycles. The fourth-order valence-corrected chi connectivity index (χ4v) is 3.63. The van der Waals surface area contributed by atoms with Gasteiger partial charge < -0.3 is 5.73 Å². The average molecular weight is 221 g/mol. The predicted molar refractivity (Wildman–Crippen MR) is 67.3 cm³/mol. The van der Waals surface area contributed by atoms with E-state index in [-0.39, 0.29) is 0 Å². The van der Waals surface area contributed by atoms with Gasteiger partial charge in [-0.05, 0) is 40.0 Å². The van der Waals surface area contributed by atoms with Crippen LogP contribution < -0.4 is 5.73 Å². The molecule has 0 saturated heterocycles. The van der Waals surface area contributed by atoms with Gasteiger partial charge in [-0.3, -0.25) is 0 Å². The van der Waals surface area contributed by atoms with E-state index in [9.17, 15) is 0 Å². The Morgan fingerprint density at radius 1 is 1.38 bits per heavy atom. The largest absolute Gasteiger partial charge is 0.328 e. The van der Waals surface area contributed by atoms with Gasteiger partial charge in [-0.15, -0.1) is 0 Å². The predicted octanol–water partition coefficient (Wildman–Crippen LogP) is 3.68. The maximum Gasteiger partial charge on any atom is 0.0208 e. The van der Waals surface area contributed by atoms with Gasteiger partial charge in [0.05, 0.1) is 0 Å². The molecule has 0 saturated carbocycles. The van der Waals surface area contributed by atoms with Crippen molar-refractivity contribution in [2.24, 2.45) is 5.73 Å². The van der Waals surface area contributed by atoms with E-state index < -0.39 is 0 Å². The second-order valence-corrected chi connectivity index (χ2v) is 7.30. The molecule has 0 fully saturated rings. The first-order valence-corrected chi connectivity index (χ1v) is 7.36. The van der Waals surface area contributed by atoms with Gasteiger partial charge >= 0.3 is 0 Å². The molecule has 1 atom stereocenters. The molecule has 0 aromatic carbocycles. The molecule has 13 heavy (non-hydrogen) atoms. The van der Waals surface area contributed by atoms with Crippen LogP contribution in [0, 0.1) is 0 Å². The fraction of sp³-hybridized carbons (Fsp3) is 1.00. The normalized spacial score (nSPS) is 14.5. The summed E-state index contributed by atoms with van der Waals surface area (Å²) in [6.45, 7) is 8.92. The molecule has 0 aromatic heterocycles. The van der Waals surface area contributed by atoms with Crippen LogP contribution in [0.5, 0.6) is 0 Å². The van der Waals surface area contributed by atoms with Gasteiger partial charge in [0.25, 0.3) is 0 Å². The monoisotopic (exact) mass is 221 g/mol. The Labute approximate surface area is 91.0 Å². The molecule has 0 spiro atoms. The molecule has 0 aromatic rings. The van der Waals surface area contributed by atoms with E-state index >= 15 is 0 Å². The number of rotatable bonds is 7. The Bertz CT molecular complexity index is 124. The fourth-order valence-electron chi connectivity index (χ4n) is 0.901. The van der Waals surface area contributed by atoms with E-state index in [4.69, 9.17) is 5.73 Å². The van der Waals surface area contributed by atoms with Crippen LogP contribution in [-0.2, 0) is 0 Å². The highest BCUT2D eigenvalue weighted by Crippen LogP contribution is 2.39. The van der Waals surface area contributed by atoms with Crippen molar-refractivity contribution < 1.29 is 0 Å². The zero-order valence-electron chi connectivity index (χ0n) is 9.30. The second-order valence-electron chi connectivity index (χ2n) is 4.18. The summed E-state index contributed by atoms with van der Waals surface area (Å²) in [4.78, 5) is 0. The van der Waals surface area contributed by atoms with Crippen LogP contribution in [-0.4, -0.2) is 16.5 Å². The topological polar surface area (TPSA) is 26.0 Å². The summed E-state index contributed by atoms with van der Waals surface area (Å²) in [7, 11) is 3.99. The second kappa shape index (κ2) is 7.02. The van der Waals surface area contributed by atoms with Crippen molar-refractivity contribution >= 4 is 21.6 Å². The summed E-state index contributed by atoms with van der Waals surface area (Å²) in [5.74, 6) is 1.26. The molecule has 1 unspecified atom stereocenters. The molecule has 2 N–H and O–H groups in total. The summed E-state index contributed by atoms with van der Waals surface area (Å²) in [6.07, 6.45) is 3.61. The molecule has 0 bridgehead atoms. The van der Waals surface area contributed by atoms with Crippen LogP contribution in [0.1, 0.15) is 47.0 Å². The Kier molecular flexibility index (Phi) is 7.37. The zero-order valence-corrected chi connectivity index (χ0v) is 10.9. The Hall–Kier alpha value is 0.660. The summed E-state index contributed by atoms with van der Waals surface area (Å²) < 4.78 is 0.382. The van der Waals surface area contributed by atoms with Crippen molar-refractivity contribution in [3.63, 3.8) is 0 Å². The van der Waals surface area contributed by atoms with Crippen molar-refractivity contribution in [1.82, 2.24) is 0 Å². The van der Waals surface area contributed by atoms with Crippen LogP contribution in [0.15, 0.2) is 0 Å². The summed E-state index contributed by atoms with van der Waals surface area (Å²) >= 11 is 0. The first kappa shape index (κ1) is 13.7. The minimum absolute atomic E-state index is 0.344. The minimum Gasteiger partial charge on any atom is -0.328 e. The molecule has 80 valence electrons. The quantitative estimate of drug-likeness (QED) is 0.524. The van der Waals surface area contributed by atoms with Crippen LogP contribution in [0.3, 0.4) is 0 Å². The molecular weight excluding hydrogens is 198 g/mol. The lowest BCUT2D eigenvalue weighted by Crippen LogP contribution is -2.21. The zero-order chi connectivity index (χ0) is 10.3. The molecule has 0 heterocycles. The Balaban J connectivity index is 3.54. The van der Waals surface area contributed by atoms with Crippen LogP contribution in [0.2, 0.25) is 0 Å². The van der Waals surface area contributed by atoms with Crippen molar-refractivity contribution in [1.29, 1.82) is 0 Å². The molecule has 1 nitrogen and oxygen atoms in total. The lowest BCUT2D eigenvalue weighted by Gasteiger charge is -2.23. The highest BCUT2D eigenvalue weighted by molar-refractivity contribution is 8.77. The third-order valence-electron chi connectivity index (χ3n) is 1.77. The van der Waals surface area contributed by atoms with Crippen molar-refractivity contribution in [2.75, 3.05) is 5.75 Å². The molecule has 0 rings (SSSR count). The van der Waals surface area contributed by atoms with E-state index in [0.29, 0.717) is 10.8 Å². The Morgan fingerprint density at radius 3 is 2.46 bits per heavy atom. The van der Waals surface area contributed by atoms with Crippen molar-refractivity contribution in [3.05, 3.63) is 0 Å². The van der Waals surface area contributed by atoms with Crippen molar-refractivity contribution in [2.45, 2.75) is 57.7 Å². The third-order valence-corrected chi connectivity index (χ3v) is 5.33. The number of hydrogen-bond acceptors (Lipinski definition) is 3. The van der Waals surface area contributed by atoms with Crippen LogP contribution in [0.4, 0.5) is 0 Å². The highest BCUT2D eigenvalue weighted by Gasteiger charge is 2.18. The highest BCUT2D eigenvalue weighted by atomic mass is 33.1. The molecule has 0 aliphatic rings. The van der Waals surface area contributed by atoms with Gasteiger partial charge in [0.1, 0.15) is 0 Å². The van der Waals surface area contributed by atoms with Gasteiger partial charge in [-0.1, -0.05) is 28.5 Å². The molecule has 0 radical (unpaired) electrons. The van der Waals surface area contributed by atoms with E-state index in [1.54, 1.807) is 0 Å². The van der Waals surface area contributed by atoms with Crippen LogP contribution >= 0.6 is 21.6 Å². The van der Waals surface area contributed by atoms with E-state index in [2.05, 4.69) is 27.7 Å². The van der Waals surface area contributed by atoms with Gasteiger partial charge in [0.2, 0.25) is 0 Å². The van der Waals surface area contributed by atoms with E-state index in [0.717, 1.165) is 6.42 Å². The lowest BCUT2D eigenvalue weighted by atomic mass is 10.0. The first-order chi connectivity index (χ1) is 5.98. The summed E-state index contributed by atoms with van der Waals surface area (Å²) in [5, 5.41) is 0. The van der Waals surface area contributed by atoms with E-state index in [1.807, 2.05) is 21.6 Å². The minimum atomic E-state index is 0.344. The smallest absolute Gasteiger partial charge is 0.0208 e. The van der Waals surface area contributed by atoms with Crippen molar-refractivity contribution in [3.8, 4) is 0 Å². The average Bonchev–Trinajstić information content (AvgIpc) is 2.02. The number of hydrogen-bond donors (Lipinski definition) is 1. The number of nitrogens with two attached hydrogens (primary N) is 1. The van der Waals surface area contributed by atoms with E-state index in [1.165, 1.54) is 18.6 Å². The standard InChI is InChI=1S/C10H23NS2/c1-5-8-12-13-10(3,4)7-6-9(2)11/h9H,5-8,11H2,1-4H3. The van der Waals surface area contributed by atoms with Gasteiger partial charge in [-0.2, -0.15) is 0 Å². The molecule has 0 aliphatic heterocycles. The van der Waals surface area contributed by atoms with Gasteiger partial charge in [0.15, 0.2) is 0 Å². The SMILES string of the molecule is CCCSSC(C)(C)CCC(C)N. The first-order valence-electron chi connectivity index (χ1n) is 5.04. The molecule has 3 heteroatoms. The summed E-state index contributed by atoms with van der Waals surface area (Å²) in [5.41, 5.74) is 5.74. The third kappa shape index (κ3) is 8.98. The maximum absolute atomic E-state index is 5.74. The lowest BCUT2D eigenvalue weighted by molar-refractivity contribution is 0.550. The summed E-state index contributed by atoms with van der Waals surface area (Å²) in [6, 6.07) is 0.344. The molecule has 0 amide bonds. The van der Waals surface area contributed by atoms with Crippen LogP contribution in [0.25, 0.3) is 0 Å². The Morgan fingerprint density at radius 2 is 2.00 bits per heavy atom. The maximum atomic E-state index is 5.74.